The molecular weight excluding hydrogens is 552 g/mol. The van der Waals surface area contributed by atoms with Crippen molar-refractivity contribution >= 4 is 17.7 Å². The van der Waals surface area contributed by atoms with Crippen LogP contribution in [0.15, 0.2) is 54.7 Å². The molecule has 0 bridgehead atoms. The van der Waals surface area contributed by atoms with Crippen LogP contribution in [0.2, 0.25) is 0 Å². The Morgan fingerprint density at radius 3 is 2.11 bits per heavy atom. The lowest BCUT2D eigenvalue weighted by atomic mass is 9.87. The molecule has 1 aromatic heterocycles. The van der Waals surface area contributed by atoms with Crippen LogP contribution in [0.5, 0.6) is 0 Å². The molecule has 3 atom stereocenters. The molecule has 0 spiro atoms. The fraction of sp³-hybridized carbons (Fsp3) is 0.514. The average Bonchev–Trinajstić information content (AvgIpc) is 3.59. The van der Waals surface area contributed by atoms with E-state index in [9.17, 15) is 14.4 Å². The molecule has 44 heavy (non-hydrogen) atoms. The van der Waals surface area contributed by atoms with Crippen molar-refractivity contribution in [3.63, 3.8) is 0 Å². The van der Waals surface area contributed by atoms with Gasteiger partial charge in [-0.05, 0) is 89.3 Å². The summed E-state index contributed by atoms with van der Waals surface area (Å²) in [6.45, 7) is 15.9. The first-order valence-corrected chi connectivity index (χ1v) is 15.7. The highest BCUT2D eigenvalue weighted by molar-refractivity contribution is 6.00. The van der Waals surface area contributed by atoms with E-state index in [0.717, 1.165) is 5.56 Å². The maximum Gasteiger partial charge on any atom is 0.247 e. The third-order valence-electron chi connectivity index (χ3n) is 8.34. The lowest BCUT2D eigenvalue weighted by molar-refractivity contribution is -0.158. The SMILES string of the molecule is CC(C)C[C@@H]1C(=O)N[C@H](C2Cc3ccccc3C2)C(=O)N1[C@@H](C(=O)NC(C)(C)C)c1ccc(-c2cnn(C(C)(C)C)n2)cc1. The number of rotatable bonds is 7. The predicted molar refractivity (Wildman–Crippen MR) is 170 cm³/mol. The second-order valence-electron chi connectivity index (χ2n) is 14.8. The third kappa shape index (κ3) is 6.56. The van der Waals surface area contributed by atoms with Gasteiger partial charge >= 0.3 is 0 Å². The number of nitrogens with zero attached hydrogens (tertiary/aromatic N) is 4. The minimum absolute atomic E-state index is 0.0783. The van der Waals surface area contributed by atoms with Gasteiger partial charge in [-0.25, -0.2) is 0 Å². The first-order chi connectivity index (χ1) is 20.6. The van der Waals surface area contributed by atoms with Crippen LogP contribution in [-0.4, -0.2) is 55.2 Å². The van der Waals surface area contributed by atoms with E-state index in [1.54, 1.807) is 15.9 Å². The van der Waals surface area contributed by atoms with Gasteiger partial charge in [-0.1, -0.05) is 62.4 Å². The molecule has 0 radical (unpaired) electrons. The van der Waals surface area contributed by atoms with Crippen molar-refractivity contribution in [2.45, 2.75) is 104 Å². The Bertz CT molecular complexity index is 1500. The van der Waals surface area contributed by atoms with Gasteiger partial charge in [0.2, 0.25) is 17.7 Å². The Kier molecular flexibility index (Phi) is 8.44. The number of carbonyl (C=O) groups excluding carboxylic acids is 3. The van der Waals surface area contributed by atoms with Gasteiger partial charge in [0.05, 0.1) is 11.7 Å². The fourth-order valence-electron chi connectivity index (χ4n) is 6.31. The van der Waals surface area contributed by atoms with E-state index in [1.807, 2.05) is 91.8 Å². The third-order valence-corrected chi connectivity index (χ3v) is 8.34. The van der Waals surface area contributed by atoms with Gasteiger partial charge in [0.1, 0.15) is 23.8 Å². The second kappa shape index (κ2) is 11.8. The van der Waals surface area contributed by atoms with Crippen molar-refractivity contribution in [1.82, 2.24) is 30.5 Å². The summed E-state index contributed by atoms with van der Waals surface area (Å²) in [5.74, 6) is -0.672. The summed E-state index contributed by atoms with van der Waals surface area (Å²) in [4.78, 5) is 45.8. The highest BCUT2D eigenvalue weighted by Crippen LogP contribution is 2.36. The van der Waals surface area contributed by atoms with Crippen LogP contribution in [0.1, 0.15) is 84.5 Å². The van der Waals surface area contributed by atoms with Crippen LogP contribution < -0.4 is 10.6 Å². The smallest absolute Gasteiger partial charge is 0.247 e. The van der Waals surface area contributed by atoms with Crippen molar-refractivity contribution in [1.29, 1.82) is 0 Å². The zero-order chi connectivity index (χ0) is 32.0. The van der Waals surface area contributed by atoms with Gasteiger partial charge < -0.3 is 15.5 Å². The summed E-state index contributed by atoms with van der Waals surface area (Å²) in [6, 6.07) is 13.3. The summed E-state index contributed by atoms with van der Waals surface area (Å²) in [7, 11) is 0. The lowest BCUT2D eigenvalue weighted by Gasteiger charge is -2.45. The number of fused-ring (bicyclic) bond motifs is 1. The Hall–Kier alpha value is -4.01. The highest BCUT2D eigenvalue weighted by atomic mass is 16.2. The number of carbonyl (C=O) groups is 3. The summed E-state index contributed by atoms with van der Waals surface area (Å²) < 4.78 is 0. The number of nitrogens with one attached hydrogen (secondary N) is 2. The van der Waals surface area contributed by atoms with Crippen LogP contribution in [0, 0.1) is 11.8 Å². The molecule has 3 aromatic rings. The zero-order valence-electron chi connectivity index (χ0n) is 27.2. The number of piperazine rings is 1. The van der Waals surface area contributed by atoms with Gasteiger partial charge in [-0.2, -0.15) is 15.0 Å². The molecule has 1 fully saturated rings. The molecular formula is C35H46N6O3. The van der Waals surface area contributed by atoms with E-state index in [1.165, 1.54) is 11.1 Å². The van der Waals surface area contributed by atoms with Gasteiger partial charge in [0.15, 0.2) is 0 Å². The number of amides is 3. The van der Waals surface area contributed by atoms with Crippen molar-refractivity contribution in [3.05, 3.63) is 71.4 Å². The Balaban J connectivity index is 1.54. The standard InChI is InChI=1S/C35H46N6O3/c1-21(2)17-28-31(42)37-29(26-18-24-11-9-10-12-25(24)19-26)33(44)40(28)30(32(43)38-34(3,4)5)23-15-13-22(14-16-23)27-20-36-41(39-27)35(6,7)8/h9-16,20-21,26,28-30H,17-19H2,1-8H3,(H,37,42)(H,38,43)/t28-,29-,30-/m1/s1. The Labute approximate surface area is 260 Å². The molecule has 9 heteroatoms. The quantitative estimate of drug-likeness (QED) is 0.406. The van der Waals surface area contributed by atoms with Gasteiger partial charge in [-0.3, -0.25) is 14.4 Å². The molecule has 2 aliphatic rings. The lowest BCUT2D eigenvalue weighted by Crippen LogP contribution is -2.67. The Morgan fingerprint density at radius 1 is 0.977 bits per heavy atom. The molecule has 234 valence electrons. The first kappa shape index (κ1) is 31.4. The molecule has 1 saturated heterocycles. The van der Waals surface area contributed by atoms with Crippen molar-refractivity contribution < 1.29 is 14.4 Å². The van der Waals surface area contributed by atoms with Gasteiger partial charge in [0.25, 0.3) is 0 Å². The molecule has 9 nitrogen and oxygen atoms in total. The fourth-order valence-corrected chi connectivity index (χ4v) is 6.31. The summed E-state index contributed by atoms with van der Waals surface area (Å²) >= 11 is 0. The molecule has 2 aromatic carbocycles. The van der Waals surface area contributed by atoms with Gasteiger partial charge in [-0.15, -0.1) is 0 Å². The van der Waals surface area contributed by atoms with E-state index in [0.29, 0.717) is 30.5 Å². The Morgan fingerprint density at radius 2 is 1.59 bits per heavy atom. The van der Waals surface area contributed by atoms with Crippen LogP contribution >= 0.6 is 0 Å². The van der Waals surface area contributed by atoms with E-state index < -0.39 is 23.7 Å². The molecule has 5 rings (SSSR count). The number of benzene rings is 2. The largest absolute Gasteiger partial charge is 0.349 e. The number of aromatic nitrogens is 3. The monoisotopic (exact) mass is 598 g/mol. The molecule has 0 saturated carbocycles. The molecule has 2 heterocycles. The summed E-state index contributed by atoms with van der Waals surface area (Å²) in [5, 5.41) is 15.3. The topological polar surface area (TPSA) is 109 Å². The normalized spacial score (nSPS) is 20.1. The first-order valence-electron chi connectivity index (χ1n) is 15.7. The van der Waals surface area contributed by atoms with E-state index in [-0.39, 0.29) is 35.1 Å². The number of hydrogen-bond donors (Lipinski definition) is 2. The molecule has 1 aliphatic carbocycles. The maximum absolute atomic E-state index is 14.6. The van der Waals surface area contributed by atoms with Crippen molar-refractivity contribution in [3.8, 4) is 11.3 Å². The number of hydrogen-bond acceptors (Lipinski definition) is 5. The van der Waals surface area contributed by atoms with Crippen LogP contribution in [0.25, 0.3) is 11.3 Å². The van der Waals surface area contributed by atoms with Crippen LogP contribution in [-0.2, 0) is 32.8 Å². The van der Waals surface area contributed by atoms with Crippen molar-refractivity contribution in [2.24, 2.45) is 11.8 Å². The molecule has 0 unspecified atom stereocenters. The molecule has 2 N–H and O–H groups in total. The minimum Gasteiger partial charge on any atom is -0.349 e. The second-order valence-corrected chi connectivity index (χ2v) is 14.8. The van der Waals surface area contributed by atoms with E-state index >= 15 is 0 Å². The highest BCUT2D eigenvalue weighted by Gasteiger charge is 2.49. The predicted octanol–water partition coefficient (Wildman–Crippen LogP) is 4.81. The van der Waals surface area contributed by atoms with Gasteiger partial charge in [0, 0.05) is 11.1 Å². The summed E-state index contributed by atoms with van der Waals surface area (Å²) in [5.41, 5.74) is 3.82. The van der Waals surface area contributed by atoms with E-state index in [4.69, 9.17) is 0 Å². The van der Waals surface area contributed by atoms with Crippen molar-refractivity contribution in [2.75, 3.05) is 0 Å². The van der Waals surface area contributed by atoms with E-state index in [2.05, 4.69) is 33.0 Å². The molecule has 3 amide bonds. The minimum atomic E-state index is -0.984. The molecule has 1 aliphatic heterocycles. The maximum atomic E-state index is 14.6. The average molecular weight is 599 g/mol. The summed E-state index contributed by atoms with van der Waals surface area (Å²) in [6.07, 6.45) is 3.59. The van der Waals surface area contributed by atoms with Crippen LogP contribution in [0.4, 0.5) is 0 Å². The zero-order valence-corrected chi connectivity index (χ0v) is 27.2. The van der Waals surface area contributed by atoms with Crippen LogP contribution in [0.3, 0.4) is 0 Å².